The second-order valence-electron chi connectivity index (χ2n) is 5.41. The average molecular weight is 283 g/mol. The molecular weight excluding hydrogens is 270 g/mol. The maximum atomic E-state index is 12.2. The molecule has 2 N–H and O–H groups in total. The SMILES string of the molecule is O=C(CC1(c2nn[nH]n2)CC1)Nc1ccc2occc2c1. The highest BCUT2D eigenvalue weighted by Gasteiger charge is 2.49. The van der Waals surface area contributed by atoms with Crippen molar-refractivity contribution in [2.24, 2.45) is 0 Å². The molecule has 0 atom stereocenters. The Bertz CT molecular complexity index is 789. The van der Waals surface area contributed by atoms with Gasteiger partial charge in [0.1, 0.15) is 5.58 Å². The number of aromatic amines is 1. The van der Waals surface area contributed by atoms with E-state index in [4.69, 9.17) is 4.42 Å². The van der Waals surface area contributed by atoms with Crippen molar-refractivity contribution < 1.29 is 9.21 Å². The van der Waals surface area contributed by atoms with Crippen LogP contribution in [0.5, 0.6) is 0 Å². The van der Waals surface area contributed by atoms with Gasteiger partial charge in [0.15, 0.2) is 5.82 Å². The number of nitrogens with one attached hydrogen (secondary N) is 2. The Balaban J connectivity index is 1.48. The molecular formula is C14H13N5O2. The number of aromatic nitrogens is 4. The van der Waals surface area contributed by atoms with Crippen molar-refractivity contribution in [3.8, 4) is 0 Å². The van der Waals surface area contributed by atoms with E-state index in [9.17, 15) is 4.79 Å². The third-order valence-corrected chi connectivity index (χ3v) is 3.91. The minimum absolute atomic E-state index is 0.0415. The van der Waals surface area contributed by atoms with Crippen molar-refractivity contribution in [3.05, 3.63) is 36.4 Å². The van der Waals surface area contributed by atoms with Crippen molar-refractivity contribution in [1.82, 2.24) is 20.6 Å². The number of nitrogens with zero attached hydrogens (tertiary/aromatic N) is 3. The van der Waals surface area contributed by atoms with Crippen molar-refractivity contribution in [3.63, 3.8) is 0 Å². The monoisotopic (exact) mass is 283 g/mol. The van der Waals surface area contributed by atoms with E-state index in [1.165, 1.54) is 0 Å². The molecule has 1 saturated carbocycles. The first-order chi connectivity index (χ1) is 10.3. The number of carbonyl (C=O) groups is 1. The second-order valence-corrected chi connectivity index (χ2v) is 5.41. The van der Waals surface area contributed by atoms with Crippen LogP contribution in [0.4, 0.5) is 5.69 Å². The minimum atomic E-state index is -0.239. The number of hydrogen-bond acceptors (Lipinski definition) is 5. The van der Waals surface area contributed by atoms with Crippen LogP contribution in [-0.4, -0.2) is 26.5 Å². The van der Waals surface area contributed by atoms with Crippen LogP contribution in [0.2, 0.25) is 0 Å². The Morgan fingerprint density at radius 3 is 3.05 bits per heavy atom. The topological polar surface area (TPSA) is 96.7 Å². The van der Waals surface area contributed by atoms with Crippen LogP contribution in [0.1, 0.15) is 25.1 Å². The summed E-state index contributed by atoms with van der Waals surface area (Å²) in [4.78, 5) is 12.2. The molecule has 1 fully saturated rings. The van der Waals surface area contributed by atoms with Gasteiger partial charge in [-0.3, -0.25) is 4.79 Å². The number of fused-ring (bicyclic) bond motifs is 1. The van der Waals surface area contributed by atoms with Gasteiger partial charge in [0, 0.05) is 22.9 Å². The largest absolute Gasteiger partial charge is 0.464 e. The Hall–Kier alpha value is -2.70. The highest BCUT2D eigenvalue weighted by Crippen LogP contribution is 2.49. The summed E-state index contributed by atoms with van der Waals surface area (Å²) in [6, 6.07) is 7.44. The van der Waals surface area contributed by atoms with Gasteiger partial charge < -0.3 is 9.73 Å². The first-order valence-electron chi connectivity index (χ1n) is 6.76. The molecule has 2 aromatic heterocycles. The van der Waals surface area contributed by atoms with Gasteiger partial charge in [-0.05, 0) is 37.1 Å². The van der Waals surface area contributed by atoms with Gasteiger partial charge in [0.2, 0.25) is 5.91 Å². The van der Waals surface area contributed by atoms with Gasteiger partial charge >= 0.3 is 0 Å². The summed E-state index contributed by atoms with van der Waals surface area (Å²) in [5.41, 5.74) is 1.33. The van der Waals surface area contributed by atoms with E-state index in [0.717, 1.165) is 29.5 Å². The molecule has 2 heterocycles. The maximum Gasteiger partial charge on any atom is 0.225 e. The van der Waals surface area contributed by atoms with Crippen LogP contribution in [0.25, 0.3) is 11.0 Å². The lowest BCUT2D eigenvalue weighted by molar-refractivity contribution is -0.116. The molecule has 21 heavy (non-hydrogen) atoms. The first kappa shape index (κ1) is 12.1. The smallest absolute Gasteiger partial charge is 0.225 e. The maximum absolute atomic E-state index is 12.2. The summed E-state index contributed by atoms with van der Waals surface area (Å²) in [6.07, 6.45) is 3.84. The summed E-state index contributed by atoms with van der Waals surface area (Å²) in [5, 5.41) is 17.9. The highest BCUT2D eigenvalue weighted by molar-refractivity contribution is 5.94. The van der Waals surface area contributed by atoms with Gasteiger partial charge in [-0.15, -0.1) is 10.2 Å². The fourth-order valence-corrected chi connectivity index (χ4v) is 2.57. The van der Waals surface area contributed by atoms with Crippen molar-refractivity contribution in [2.75, 3.05) is 5.32 Å². The normalized spacial score (nSPS) is 16.0. The van der Waals surface area contributed by atoms with E-state index in [-0.39, 0.29) is 11.3 Å². The van der Waals surface area contributed by atoms with Crippen LogP contribution in [0.3, 0.4) is 0 Å². The molecule has 4 rings (SSSR count). The predicted octanol–water partition coefficient (Wildman–Crippen LogP) is 2.01. The van der Waals surface area contributed by atoms with Gasteiger partial charge in [-0.1, -0.05) is 5.21 Å². The lowest BCUT2D eigenvalue weighted by atomic mass is 10.0. The third kappa shape index (κ3) is 2.16. The molecule has 7 nitrogen and oxygen atoms in total. The lowest BCUT2D eigenvalue weighted by Crippen LogP contribution is -2.21. The third-order valence-electron chi connectivity index (χ3n) is 3.91. The number of carbonyl (C=O) groups excluding carboxylic acids is 1. The van der Waals surface area contributed by atoms with E-state index in [2.05, 4.69) is 25.9 Å². The summed E-state index contributed by atoms with van der Waals surface area (Å²) in [7, 11) is 0. The Labute approximate surface area is 119 Å². The Morgan fingerprint density at radius 1 is 1.38 bits per heavy atom. The van der Waals surface area contributed by atoms with Crippen LogP contribution < -0.4 is 5.32 Å². The second kappa shape index (κ2) is 4.41. The van der Waals surface area contributed by atoms with Crippen LogP contribution >= 0.6 is 0 Å². The summed E-state index contributed by atoms with van der Waals surface area (Å²) in [5.74, 6) is 0.586. The number of rotatable bonds is 4. The van der Waals surface area contributed by atoms with E-state index in [1.54, 1.807) is 6.26 Å². The molecule has 0 saturated heterocycles. The fraction of sp³-hybridized carbons (Fsp3) is 0.286. The van der Waals surface area contributed by atoms with Crippen molar-refractivity contribution >= 4 is 22.6 Å². The number of furan rings is 1. The van der Waals surface area contributed by atoms with Gasteiger partial charge in [0.25, 0.3) is 0 Å². The van der Waals surface area contributed by atoms with Crippen molar-refractivity contribution in [1.29, 1.82) is 0 Å². The molecule has 0 radical (unpaired) electrons. The van der Waals surface area contributed by atoms with Crippen LogP contribution in [0.15, 0.2) is 34.9 Å². The number of benzene rings is 1. The summed E-state index contributed by atoms with van der Waals surface area (Å²) >= 11 is 0. The number of anilines is 1. The Morgan fingerprint density at radius 2 is 2.29 bits per heavy atom. The van der Waals surface area contributed by atoms with Gasteiger partial charge in [0.05, 0.1) is 6.26 Å². The summed E-state index contributed by atoms with van der Waals surface area (Å²) < 4.78 is 5.28. The molecule has 1 aliphatic rings. The average Bonchev–Trinajstić information content (AvgIpc) is 2.95. The van der Waals surface area contributed by atoms with E-state index in [1.807, 2.05) is 24.3 Å². The zero-order chi connectivity index (χ0) is 14.3. The molecule has 3 aromatic rings. The van der Waals surface area contributed by atoms with Crippen LogP contribution in [0, 0.1) is 0 Å². The first-order valence-corrected chi connectivity index (χ1v) is 6.76. The predicted molar refractivity (Wildman–Crippen MR) is 74.6 cm³/mol. The van der Waals surface area contributed by atoms with Crippen molar-refractivity contribution in [2.45, 2.75) is 24.7 Å². The van der Waals surface area contributed by atoms with Gasteiger partial charge in [-0.2, -0.15) is 5.21 Å². The zero-order valence-corrected chi connectivity index (χ0v) is 11.2. The quantitative estimate of drug-likeness (QED) is 0.763. The molecule has 0 aliphatic heterocycles. The standard InChI is InChI=1S/C14H13N5O2/c20-12(8-14(4-5-14)13-16-18-19-17-13)15-10-1-2-11-9(7-10)3-6-21-11/h1-3,6-7H,4-5,8H2,(H,15,20)(H,16,17,18,19). The molecule has 1 aliphatic carbocycles. The zero-order valence-electron chi connectivity index (χ0n) is 11.2. The molecule has 0 bridgehead atoms. The fourth-order valence-electron chi connectivity index (χ4n) is 2.57. The minimum Gasteiger partial charge on any atom is -0.464 e. The Kier molecular flexibility index (Phi) is 2.53. The van der Waals surface area contributed by atoms with E-state index in [0.29, 0.717) is 12.2 Å². The van der Waals surface area contributed by atoms with E-state index >= 15 is 0 Å². The van der Waals surface area contributed by atoms with E-state index < -0.39 is 0 Å². The molecule has 1 aromatic carbocycles. The van der Waals surface area contributed by atoms with Gasteiger partial charge in [-0.25, -0.2) is 0 Å². The summed E-state index contributed by atoms with van der Waals surface area (Å²) in [6.45, 7) is 0. The number of amides is 1. The highest BCUT2D eigenvalue weighted by atomic mass is 16.3. The number of hydrogen-bond donors (Lipinski definition) is 2. The molecule has 7 heteroatoms. The molecule has 106 valence electrons. The number of tetrazole rings is 1. The molecule has 0 spiro atoms. The molecule has 1 amide bonds. The lowest BCUT2D eigenvalue weighted by Gasteiger charge is -2.10. The molecule has 0 unspecified atom stereocenters. The number of H-pyrrole nitrogens is 1. The van der Waals surface area contributed by atoms with Crippen LogP contribution in [-0.2, 0) is 10.2 Å².